The van der Waals surface area contributed by atoms with Crippen LogP contribution in [0.1, 0.15) is 23.7 Å². The molecule has 0 aliphatic heterocycles. The van der Waals surface area contributed by atoms with E-state index in [0.29, 0.717) is 18.4 Å². The molecule has 0 spiro atoms. The molecule has 5 heteroatoms. The first-order chi connectivity index (χ1) is 7.08. The number of nitrogens with one attached hydrogen (secondary N) is 1. The Morgan fingerprint density at radius 2 is 2.40 bits per heavy atom. The maximum atomic E-state index is 5.69. The molecule has 15 heavy (non-hydrogen) atoms. The third-order valence-corrected chi connectivity index (χ3v) is 2.64. The first kappa shape index (κ1) is 12.0. The Morgan fingerprint density at radius 3 is 2.93 bits per heavy atom. The first-order valence-electron chi connectivity index (χ1n) is 5.03. The van der Waals surface area contributed by atoms with Crippen molar-refractivity contribution in [3.05, 3.63) is 16.1 Å². The lowest BCUT2D eigenvalue weighted by Gasteiger charge is -2.07. The second-order valence-corrected chi connectivity index (χ2v) is 5.16. The number of guanidine groups is 1. The molecule has 3 N–H and O–H groups in total. The molecule has 0 aromatic carbocycles. The summed E-state index contributed by atoms with van der Waals surface area (Å²) in [6.45, 7) is 7.71. The van der Waals surface area contributed by atoms with Crippen LogP contribution in [-0.2, 0) is 6.54 Å². The van der Waals surface area contributed by atoms with Gasteiger partial charge in [0, 0.05) is 17.6 Å². The summed E-state index contributed by atoms with van der Waals surface area (Å²) >= 11 is 1.65. The number of aryl methyl sites for hydroxylation is 1. The number of aliphatic imine (C=N–C) groups is 1. The third kappa shape index (κ3) is 4.78. The Bertz CT molecular complexity index is 330. The standard InChI is InChI=1S/C10H18N4S/c1-7(2)4-13-10(11)14-6-9-12-5-8(3)15-9/h5,7H,4,6H2,1-3H3,(H3,11,13,14). The van der Waals surface area contributed by atoms with Crippen LogP contribution in [-0.4, -0.2) is 17.5 Å². The van der Waals surface area contributed by atoms with Crippen LogP contribution in [0.5, 0.6) is 0 Å². The Kier molecular flexibility index (Phi) is 4.55. The fourth-order valence-corrected chi connectivity index (χ4v) is 1.70. The van der Waals surface area contributed by atoms with Crippen LogP contribution in [0, 0.1) is 12.8 Å². The van der Waals surface area contributed by atoms with Crippen molar-refractivity contribution >= 4 is 17.3 Å². The Morgan fingerprint density at radius 1 is 1.67 bits per heavy atom. The van der Waals surface area contributed by atoms with Crippen LogP contribution in [0.3, 0.4) is 0 Å². The number of aromatic nitrogens is 1. The Balaban J connectivity index is 2.36. The first-order valence-corrected chi connectivity index (χ1v) is 5.84. The average Bonchev–Trinajstić information content (AvgIpc) is 2.58. The molecule has 4 nitrogen and oxygen atoms in total. The molecule has 0 radical (unpaired) electrons. The fraction of sp³-hybridized carbons (Fsp3) is 0.600. The van der Waals surface area contributed by atoms with Crippen LogP contribution in [0.15, 0.2) is 11.2 Å². The topological polar surface area (TPSA) is 63.3 Å². The van der Waals surface area contributed by atoms with Gasteiger partial charge < -0.3 is 11.1 Å². The summed E-state index contributed by atoms with van der Waals surface area (Å²) in [5.41, 5.74) is 5.69. The van der Waals surface area contributed by atoms with E-state index < -0.39 is 0 Å². The predicted octanol–water partition coefficient (Wildman–Crippen LogP) is 1.51. The number of nitrogens with zero attached hydrogens (tertiary/aromatic N) is 2. The molecule has 1 aromatic rings. The van der Waals surface area contributed by atoms with E-state index in [4.69, 9.17) is 5.73 Å². The molecular weight excluding hydrogens is 208 g/mol. The number of thiazole rings is 1. The van der Waals surface area contributed by atoms with Crippen LogP contribution in [0.2, 0.25) is 0 Å². The molecule has 0 bridgehead atoms. The molecule has 84 valence electrons. The van der Waals surface area contributed by atoms with Gasteiger partial charge in [0.1, 0.15) is 5.01 Å². The summed E-state index contributed by atoms with van der Waals surface area (Å²) in [6, 6.07) is 0. The summed E-state index contributed by atoms with van der Waals surface area (Å²) in [5, 5.41) is 4.07. The molecule has 0 aliphatic carbocycles. The van der Waals surface area contributed by atoms with Crippen LogP contribution in [0.4, 0.5) is 0 Å². The summed E-state index contributed by atoms with van der Waals surface area (Å²) in [4.78, 5) is 9.62. The summed E-state index contributed by atoms with van der Waals surface area (Å²) in [6.07, 6.45) is 1.85. The maximum absolute atomic E-state index is 5.69. The molecule has 0 saturated heterocycles. The molecule has 0 atom stereocenters. The quantitative estimate of drug-likeness (QED) is 0.604. The molecule has 0 amide bonds. The molecular formula is C10H18N4S. The van der Waals surface area contributed by atoms with Crippen molar-refractivity contribution in [1.82, 2.24) is 10.3 Å². The SMILES string of the molecule is Cc1cnc(CN=C(N)NCC(C)C)s1. The lowest BCUT2D eigenvalue weighted by atomic mass is 10.2. The zero-order valence-electron chi connectivity index (χ0n) is 9.45. The zero-order chi connectivity index (χ0) is 11.3. The molecule has 0 aliphatic rings. The van der Waals surface area contributed by atoms with Crippen molar-refractivity contribution in [2.75, 3.05) is 6.54 Å². The summed E-state index contributed by atoms with van der Waals surface area (Å²) in [5.74, 6) is 1.07. The van der Waals surface area contributed by atoms with Crippen molar-refractivity contribution in [2.45, 2.75) is 27.3 Å². The van der Waals surface area contributed by atoms with Gasteiger partial charge in [0.25, 0.3) is 0 Å². The van der Waals surface area contributed by atoms with Gasteiger partial charge in [-0.25, -0.2) is 9.98 Å². The molecule has 0 saturated carbocycles. The second kappa shape index (κ2) is 5.70. The van der Waals surface area contributed by atoms with Gasteiger partial charge in [0.2, 0.25) is 0 Å². The minimum Gasteiger partial charge on any atom is -0.370 e. The number of hydrogen-bond donors (Lipinski definition) is 2. The maximum Gasteiger partial charge on any atom is 0.189 e. The number of nitrogens with two attached hydrogens (primary N) is 1. The van der Waals surface area contributed by atoms with Crippen LogP contribution in [0.25, 0.3) is 0 Å². The van der Waals surface area contributed by atoms with Gasteiger partial charge >= 0.3 is 0 Å². The Labute approximate surface area is 94.6 Å². The van der Waals surface area contributed by atoms with E-state index in [1.807, 2.05) is 13.1 Å². The zero-order valence-corrected chi connectivity index (χ0v) is 10.3. The van der Waals surface area contributed by atoms with E-state index in [9.17, 15) is 0 Å². The predicted molar refractivity (Wildman–Crippen MR) is 65.0 cm³/mol. The summed E-state index contributed by atoms with van der Waals surface area (Å²) < 4.78 is 0. The van der Waals surface area contributed by atoms with Crippen molar-refractivity contribution in [3.63, 3.8) is 0 Å². The van der Waals surface area contributed by atoms with Crippen LogP contribution >= 0.6 is 11.3 Å². The molecule has 1 heterocycles. The van der Waals surface area contributed by atoms with Crippen molar-refractivity contribution in [3.8, 4) is 0 Å². The normalized spacial score (nSPS) is 12.1. The van der Waals surface area contributed by atoms with E-state index in [1.54, 1.807) is 11.3 Å². The van der Waals surface area contributed by atoms with Gasteiger partial charge in [-0.15, -0.1) is 11.3 Å². The van der Waals surface area contributed by atoms with Crippen LogP contribution < -0.4 is 11.1 Å². The highest BCUT2D eigenvalue weighted by molar-refractivity contribution is 7.11. The van der Waals surface area contributed by atoms with E-state index in [-0.39, 0.29) is 0 Å². The molecule has 0 unspecified atom stereocenters. The van der Waals surface area contributed by atoms with E-state index in [0.717, 1.165) is 11.6 Å². The average molecular weight is 226 g/mol. The molecule has 0 fully saturated rings. The minimum atomic E-state index is 0.497. The Hall–Kier alpha value is -1.10. The van der Waals surface area contributed by atoms with E-state index in [1.165, 1.54) is 4.88 Å². The highest BCUT2D eigenvalue weighted by atomic mass is 32.1. The summed E-state index contributed by atoms with van der Waals surface area (Å²) in [7, 11) is 0. The van der Waals surface area contributed by atoms with E-state index in [2.05, 4.69) is 29.1 Å². The molecule has 1 aromatic heterocycles. The fourth-order valence-electron chi connectivity index (χ4n) is 0.992. The third-order valence-electron chi connectivity index (χ3n) is 1.75. The molecule has 1 rings (SSSR count). The van der Waals surface area contributed by atoms with Gasteiger partial charge in [-0.3, -0.25) is 0 Å². The van der Waals surface area contributed by atoms with Crippen molar-refractivity contribution in [2.24, 2.45) is 16.6 Å². The minimum absolute atomic E-state index is 0.497. The lowest BCUT2D eigenvalue weighted by molar-refractivity contribution is 0.622. The second-order valence-electron chi connectivity index (χ2n) is 3.84. The number of hydrogen-bond acceptors (Lipinski definition) is 3. The van der Waals surface area contributed by atoms with Gasteiger partial charge in [-0.05, 0) is 12.8 Å². The highest BCUT2D eigenvalue weighted by Gasteiger charge is 1.98. The van der Waals surface area contributed by atoms with Crippen molar-refractivity contribution < 1.29 is 0 Å². The monoisotopic (exact) mass is 226 g/mol. The van der Waals surface area contributed by atoms with Gasteiger partial charge in [-0.1, -0.05) is 13.8 Å². The van der Waals surface area contributed by atoms with Crippen molar-refractivity contribution in [1.29, 1.82) is 0 Å². The van der Waals surface area contributed by atoms with Gasteiger partial charge in [0.05, 0.1) is 6.54 Å². The van der Waals surface area contributed by atoms with Gasteiger partial charge in [-0.2, -0.15) is 0 Å². The largest absolute Gasteiger partial charge is 0.370 e. The smallest absolute Gasteiger partial charge is 0.189 e. The van der Waals surface area contributed by atoms with E-state index >= 15 is 0 Å². The van der Waals surface area contributed by atoms with Gasteiger partial charge in [0.15, 0.2) is 5.96 Å². The lowest BCUT2D eigenvalue weighted by Crippen LogP contribution is -2.34. The highest BCUT2D eigenvalue weighted by Crippen LogP contribution is 2.11. The number of rotatable bonds is 4.